The Bertz CT molecular complexity index is 403. The Balaban J connectivity index is 2.80. The van der Waals surface area contributed by atoms with Gasteiger partial charge in [-0.2, -0.15) is 9.97 Å². The fourth-order valence-corrected chi connectivity index (χ4v) is 1.90. The van der Waals surface area contributed by atoms with Gasteiger partial charge in [0.2, 0.25) is 5.95 Å². The topological polar surface area (TPSA) is 85.5 Å². The Labute approximate surface area is 126 Å². The highest BCUT2D eigenvalue weighted by molar-refractivity contribution is 5.52. The van der Waals surface area contributed by atoms with Gasteiger partial charge in [-0.1, -0.05) is 6.92 Å². The first-order valence-electron chi connectivity index (χ1n) is 7.32. The summed E-state index contributed by atoms with van der Waals surface area (Å²) in [5, 5.41) is 3.24. The van der Waals surface area contributed by atoms with Crippen molar-refractivity contribution in [3.63, 3.8) is 0 Å². The molecule has 0 aromatic carbocycles. The summed E-state index contributed by atoms with van der Waals surface area (Å²) in [5.41, 5.74) is 5.81. The molecule has 0 fully saturated rings. The zero-order valence-corrected chi connectivity index (χ0v) is 13.3. The van der Waals surface area contributed by atoms with Gasteiger partial charge in [-0.25, -0.2) is 0 Å². The molecule has 1 aromatic heterocycles. The van der Waals surface area contributed by atoms with Gasteiger partial charge in [-0.15, -0.1) is 0 Å². The summed E-state index contributed by atoms with van der Waals surface area (Å²) in [6, 6.07) is 1.93. The predicted molar refractivity (Wildman–Crippen MR) is 85.8 cm³/mol. The summed E-state index contributed by atoms with van der Waals surface area (Å²) in [6.45, 7) is 5.90. The van der Waals surface area contributed by atoms with Crippen molar-refractivity contribution in [2.75, 3.05) is 63.0 Å². The number of aromatic nitrogens is 2. The summed E-state index contributed by atoms with van der Waals surface area (Å²) in [6.07, 6.45) is 1.95. The van der Waals surface area contributed by atoms with Crippen LogP contribution in [-0.4, -0.2) is 57.0 Å². The maximum atomic E-state index is 5.81. The maximum Gasteiger partial charge on any atom is 0.223 e. The summed E-state index contributed by atoms with van der Waals surface area (Å²) in [5.74, 6) is 1.85. The number of anilines is 3. The molecule has 1 rings (SSSR count). The van der Waals surface area contributed by atoms with Gasteiger partial charge in [0, 0.05) is 46.5 Å². The lowest BCUT2D eigenvalue weighted by atomic mass is 10.3. The zero-order chi connectivity index (χ0) is 15.5. The van der Waals surface area contributed by atoms with E-state index in [2.05, 4.69) is 27.1 Å². The second-order valence-corrected chi connectivity index (χ2v) is 4.72. The number of hydrogen-bond acceptors (Lipinski definition) is 7. The van der Waals surface area contributed by atoms with E-state index >= 15 is 0 Å². The first kappa shape index (κ1) is 17.5. The smallest absolute Gasteiger partial charge is 0.223 e. The monoisotopic (exact) mass is 297 g/mol. The van der Waals surface area contributed by atoms with E-state index in [1.54, 1.807) is 14.2 Å². The second-order valence-electron chi connectivity index (χ2n) is 4.72. The van der Waals surface area contributed by atoms with Gasteiger partial charge in [-0.05, 0) is 12.8 Å². The first-order valence-corrected chi connectivity index (χ1v) is 7.32. The molecule has 0 saturated carbocycles. The van der Waals surface area contributed by atoms with Gasteiger partial charge >= 0.3 is 0 Å². The largest absolute Gasteiger partial charge is 0.385 e. The fraction of sp³-hybridized carbons (Fsp3) is 0.714. The normalized spacial score (nSPS) is 10.6. The third kappa shape index (κ3) is 6.59. The van der Waals surface area contributed by atoms with Crippen LogP contribution in [0.25, 0.3) is 0 Å². The van der Waals surface area contributed by atoms with Crippen molar-refractivity contribution >= 4 is 17.6 Å². The number of nitrogen functional groups attached to an aromatic ring is 1. The summed E-state index contributed by atoms with van der Waals surface area (Å²) in [7, 11) is 3.39. The van der Waals surface area contributed by atoms with Crippen molar-refractivity contribution in [3.05, 3.63) is 6.07 Å². The molecule has 120 valence electrons. The fourth-order valence-electron chi connectivity index (χ4n) is 1.90. The molecule has 7 heteroatoms. The van der Waals surface area contributed by atoms with Crippen LogP contribution in [0.15, 0.2) is 6.07 Å². The van der Waals surface area contributed by atoms with Gasteiger partial charge in [0.15, 0.2) is 0 Å². The lowest BCUT2D eigenvalue weighted by Crippen LogP contribution is -2.30. The molecule has 3 N–H and O–H groups in total. The molecule has 0 aliphatic heterocycles. The standard InChI is InChI=1S/C14H27N5O2/c1-4-6-16-12-11-13(18-14(15)17-12)19(8-10-21-3)7-5-9-20-2/h11H,4-10H2,1-3H3,(H3,15,16,17,18). The van der Waals surface area contributed by atoms with Crippen LogP contribution in [0, 0.1) is 0 Å². The highest BCUT2D eigenvalue weighted by Crippen LogP contribution is 2.17. The number of ether oxygens (including phenoxy) is 2. The van der Waals surface area contributed by atoms with Crippen LogP contribution < -0.4 is 16.0 Å². The van der Waals surface area contributed by atoms with Gasteiger partial charge < -0.3 is 25.4 Å². The number of nitrogens with two attached hydrogens (primary N) is 1. The molecule has 0 unspecified atom stereocenters. The van der Waals surface area contributed by atoms with E-state index in [0.717, 1.165) is 44.1 Å². The molecular formula is C14H27N5O2. The molecule has 0 amide bonds. The molecule has 7 nitrogen and oxygen atoms in total. The lowest BCUT2D eigenvalue weighted by molar-refractivity contribution is 0.191. The predicted octanol–water partition coefficient (Wildman–Crippen LogP) is 1.37. The Morgan fingerprint density at radius 3 is 2.62 bits per heavy atom. The SMILES string of the molecule is CCCNc1cc(N(CCCOC)CCOC)nc(N)n1. The molecule has 1 heterocycles. The minimum absolute atomic E-state index is 0.278. The van der Waals surface area contributed by atoms with E-state index in [4.69, 9.17) is 15.2 Å². The third-order valence-corrected chi connectivity index (χ3v) is 2.95. The van der Waals surface area contributed by atoms with Crippen molar-refractivity contribution < 1.29 is 9.47 Å². The Hall–Kier alpha value is -1.60. The second kappa shape index (κ2) is 10.2. The minimum Gasteiger partial charge on any atom is -0.385 e. The van der Waals surface area contributed by atoms with Crippen molar-refractivity contribution in [1.82, 2.24) is 9.97 Å². The average Bonchev–Trinajstić information content (AvgIpc) is 2.48. The summed E-state index contributed by atoms with van der Waals surface area (Å²) >= 11 is 0. The number of nitrogens with zero attached hydrogens (tertiary/aromatic N) is 3. The third-order valence-electron chi connectivity index (χ3n) is 2.95. The minimum atomic E-state index is 0.278. The van der Waals surface area contributed by atoms with E-state index in [-0.39, 0.29) is 5.95 Å². The van der Waals surface area contributed by atoms with Crippen molar-refractivity contribution in [2.45, 2.75) is 19.8 Å². The molecule has 0 saturated heterocycles. The number of rotatable bonds is 11. The quantitative estimate of drug-likeness (QED) is 0.597. The number of hydrogen-bond donors (Lipinski definition) is 2. The molecule has 0 aliphatic carbocycles. The molecular weight excluding hydrogens is 270 g/mol. The van der Waals surface area contributed by atoms with Crippen LogP contribution in [-0.2, 0) is 9.47 Å². The Kier molecular flexibility index (Phi) is 8.45. The lowest BCUT2D eigenvalue weighted by Gasteiger charge is -2.24. The van der Waals surface area contributed by atoms with Gasteiger partial charge in [0.1, 0.15) is 11.6 Å². The Morgan fingerprint density at radius 1 is 1.19 bits per heavy atom. The van der Waals surface area contributed by atoms with Crippen LogP contribution >= 0.6 is 0 Å². The van der Waals surface area contributed by atoms with Gasteiger partial charge in [-0.3, -0.25) is 0 Å². The highest BCUT2D eigenvalue weighted by Gasteiger charge is 2.10. The van der Waals surface area contributed by atoms with Gasteiger partial charge in [0.05, 0.1) is 6.61 Å². The molecule has 0 spiro atoms. The van der Waals surface area contributed by atoms with Crippen LogP contribution in [0.5, 0.6) is 0 Å². The molecule has 0 aliphatic rings. The van der Waals surface area contributed by atoms with Crippen LogP contribution in [0.2, 0.25) is 0 Å². The zero-order valence-electron chi connectivity index (χ0n) is 13.3. The number of nitrogens with one attached hydrogen (secondary N) is 1. The molecule has 0 atom stereocenters. The van der Waals surface area contributed by atoms with E-state index in [1.807, 2.05) is 6.07 Å². The van der Waals surface area contributed by atoms with Crippen molar-refractivity contribution in [3.8, 4) is 0 Å². The molecule has 21 heavy (non-hydrogen) atoms. The van der Waals surface area contributed by atoms with E-state index < -0.39 is 0 Å². The number of methoxy groups -OCH3 is 2. The Morgan fingerprint density at radius 2 is 1.95 bits per heavy atom. The molecule has 0 bridgehead atoms. The molecule has 0 radical (unpaired) electrons. The summed E-state index contributed by atoms with van der Waals surface area (Å²) in [4.78, 5) is 10.7. The van der Waals surface area contributed by atoms with Crippen LogP contribution in [0.4, 0.5) is 17.6 Å². The first-order chi connectivity index (χ1) is 10.2. The summed E-state index contributed by atoms with van der Waals surface area (Å²) < 4.78 is 10.3. The maximum absolute atomic E-state index is 5.81. The average molecular weight is 297 g/mol. The van der Waals surface area contributed by atoms with E-state index in [0.29, 0.717) is 13.2 Å². The van der Waals surface area contributed by atoms with E-state index in [9.17, 15) is 0 Å². The highest BCUT2D eigenvalue weighted by atomic mass is 16.5. The van der Waals surface area contributed by atoms with Crippen molar-refractivity contribution in [2.24, 2.45) is 0 Å². The van der Waals surface area contributed by atoms with Crippen LogP contribution in [0.3, 0.4) is 0 Å². The van der Waals surface area contributed by atoms with Crippen molar-refractivity contribution in [1.29, 1.82) is 0 Å². The van der Waals surface area contributed by atoms with Gasteiger partial charge in [0.25, 0.3) is 0 Å². The van der Waals surface area contributed by atoms with E-state index in [1.165, 1.54) is 0 Å². The van der Waals surface area contributed by atoms with Crippen LogP contribution in [0.1, 0.15) is 19.8 Å². The molecule has 1 aromatic rings.